The van der Waals surface area contributed by atoms with E-state index in [0.717, 1.165) is 11.8 Å². The number of carbonyl (C=O) groups is 1. The van der Waals surface area contributed by atoms with Crippen LogP contribution in [0.15, 0.2) is 70.5 Å². The Morgan fingerprint density at radius 2 is 1.83 bits per heavy atom. The van der Waals surface area contributed by atoms with Crippen LogP contribution in [0.3, 0.4) is 0 Å². The Morgan fingerprint density at radius 1 is 1.10 bits per heavy atom. The minimum atomic E-state index is -3.70. The van der Waals surface area contributed by atoms with Gasteiger partial charge in [-0.15, -0.1) is 8.78 Å². The number of carbonyl (C=O) groups excluding carboxylic acids is 1. The number of nitrogens with one attached hydrogen (secondary N) is 1. The highest BCUT2D eigenvalue weighted by Gasteiger charge is 2.43. The van der Waals surface area contributed by atoms with E-state index in [1.54, 1.807) is 36.4 Å². The molecule has 154 valence electrons. The van der Waals surface area contributed by atoms with E-state index >= 15 is 0 Å². The van der Waals surface area contributed by atoms with Crippen molar-refractivity contribution in [1.82, 2.24) is 4.57 Å². The van der Waals surface area contributed by atoms with E-state index in [9.17, 15) is 18.4 Å². The van der Waals surface area contributed by atoms with Crippen molar-refractivity contribution in [1.29, 1.82) is 0 Å². The third kappa shape index (κ3) is 4.58. The second kappa shape index (κ2) is 8.00. The van der Waals surface area contributed by atoms with Crippen LogP contribution in [0, 0.1) is 0 Å². The summed E-state index contributed by atoms with van der Waals surface area (Å²) >= 11 is 6.74. The lowest BCUT2D eigenvalue weighted by molar-refractivity contribution is -0.286. The van der Waals surface area contributed by atoms with E-state index in [4.69, 9.17) is 11.6 Å². The lowest BCUT2D eigenvalue weighted by atomic mass is 10.2. The van der Waals surface area contributed by atoms with Gasteiger partial charge >= 0.3 is 6.29 Å². The highest BCUT2D eigenvalue weighted by atomic mass is 35.5. The number of aromatic nitrogens is 1. The van der Waals surface area contributed by atoms with Gasteiger partial charge in [-0.3, -0.25) is 9.59 Å². The number of benzene rings is 2. The third-order valence-electron chi connectivity index (χ3n) is 4.10. The largest absolute Gasteiger partial charge is 0.586 e. The Morgan fingerprint density at radius 3 is 2.60 bits per heavy atom. The van der Waals surface area contributed by atoms with Gasteiger partial charge in [0.2, 0.25) is 0 Å². The van der Waals surface area contributed by atoms with E-state index in [1.165, 1.54) is 29.0 Å². The number of thioether (sulfide) groups is 1. The van der Waals surface area contributed by atoms with Gasteiger partial charge in [0.1, 0.15) is 5.69 Å². The number of fused-ring (bicyclic) bond motifs is 1. The predicted octanol–water partition coefficient (Wildman–Crippen LogP) is 5.20. The van der Waals surface area contributed by atoms with Crippen LogP contribution < -0.4 is 20.3 Å². The molecule has 0 atom stereocenters. The predicted molar refractivity (Wildman–Crippen MR) is 109 cm³/mol. The molecule has 0 spiro atoms. The lowest BCUT2D eigenvalue weighted by Gasteiger charge is -2.10. The highest BCUT2D eigenvalue weighted by Crippen LogP contribution is 2.41. The SMILES string of the molecule is O=C(Nc1cccn(Cc2ccc3c(c2)OC(F)(F)O3)c1=O)Sc1ccc(Cl)cc1. The molecule has 2 aromatic carbocycles. The van der Waals surface area contributed by atoms with Gasteiger partial charge in [0, 0.05) is 16.1 Å². The number of pyridine rings is 1. The van der Waals surface area contributed by atoms with E-state index in [0.29, 0.717) is 15.5 Å². The van der Waals surface area contributed by atoms with E-state index < -0.39 is 17.1 Å². The van der Waals surface area contributed by atoms with Crippen LogP contribution in [-0.2, 0) is 6.54 Å². The fourth-order valence-corrected chi connectivity index (χ4v) is 3.56. The summed E-state index contributed by atoms with van der Waals surface area (Å²) in [6, 6.07) is 14.1. The third-order valence-corrected chi connectivity index (χ3v) is 5.15. The number of hydrogen-bond donors (Lipinski definition) is 1. The summed E-state index contributed by atoms with van der Waals surface area (Å²) in [7, 11) is 0. The summed E-state index contributed by atoms with van der Waals surface area (Å²) in [5, 5.41) is 2.69. The molecule has 0 aliphatic carbocycles. The van der Waals surface area contributed by atoms with E-state index in [1.807, 2.05) is 0 Å². The highest BCUT2D eigenvalue weighted by molar-refractivity contribution is 8.13. The Bertz CT molecular complexity index is 1170. The standard InChI is InChI=1S/C20H13ClF2N2O4S/c21-13-4-6-14(7-5-13)30-19(27)24-15-2-1-9-25(18(15)26)11-12-3-8-16-17(10-12)29-20(22,23)28-16/h1-10H,11H2,(H,24,27). The molecular formula is C20H13ClF2N2O4S. The first-order valence-corrected chi connectivity index (χ1v) is 9.81. The van der Waals surface area contributed by atoms with Crippen LogP contribution in [0.4, 0.5) is 19.3 Å². The molecule has 2 heterocycles. The number of anilines is 1. The molecule has 1 amide bonds. The summed E-state index contributed by atoms with van der Waals surface area (Å²) in [6.07, 6.45) is -2.17. The topological polar surface area (TPSA) is 69.6 Å². The molecule has 10 heteroatoms. The van der Waals surface area contributed by atoms with Crippen LogP contribution in [0.5, 0.6) is 11.5 Å². The van der Waals surface area contributed by atoms with E-state index in [-0.39, 0.29) is 23.7 Å². The summed E-state index contributed by atoms with van der Waals surface area (Å²) in [6.45, 7) is 0.0923. The van der Waals surface area contributed by atoms with Crippen LogP contribution in [0.2, 0.25) is 5.02 Å². The molecule has 0 fully saturated rings. The van der Waals surface area contributed by atoms with Crippen LogP contribution in [0.25, 0.3) is 0 Å². The molecular weight excluding hydrogens is 438 g/mol. The molecule has 0 radical (unpaired) electrons. The maximum atomic E-state index is 13.2. The van der Waals surface area contributed by atoms with Crippen molar-refractivity contribution in [2.24, 2.45) is 0 Å². The summed E-state index contributed by atoms with van der Waals surface area (Å²) < 4.78 is 36.5. The average Bonchev–Trinajstić information content (AvgIpc) is 3.00. The minimum absolute atomic E-state index is 0.0728. The van der Waals surface area contributed by atoms with Crippen LogP contribution >= 0.6 is 23.4 Å². The van der Waals surface area contributed by atoms with Gasteiger partial charge in [-0.1, -0.05) is 17.7 Å². The molecule has 4 rings (SSSR count). The van der Waals surface area contributed by atoms with Gasteiger partial charge in [-0.25, -0.2) is 0 Å². The molecule has 0 saturated carbocycles. The molecule has 1 aromatic heterocycles. The number of alkyl halides is 2. The van der Waals surface area contributed by atoms with Crippen molar-refractivity contribution in [3.8, 4) is 11.5 Å². The van der Waals surface area contributed by atoms with Crippen molar-refractivity contribution >= 4 is 34.3 Å². The van der Waals surface area contributed by atoms with Gasteiger partial charge in [0.05, 0.1) is 6.54 Å². The zero-order chi connectivity index (χ0) is 21.3. The second-order valence-electron chi connectivity index (χ2n) is 6.27. The smallest absolute Gasteiger partial charge is 0.395 e. The van der Waals surface area contributed by atoms with Gasteiger partial charge < -0.3 is 19.4 Å². The summed E-state index contributed by atoms with van der Waals surface area (Å²) in [4.78, 5) is 25.6. The van der Waals surface area contributed by atoms with Gasteiger partial charge in [-0.05, 0) is 65.9 Å². The number of nitrogens with zero attached hydrogens (tertiary/aromatic N) is 1. The molecule has 0 saturated heterocycles. The van der Waals surface area contributed by atoms with Crippen molar-refractivity contribution in [3.63, 3.8) is 0 Å². The Hall–Kier alpha value is -3.04. The fourth-order valence-electron chi connectivity index (χ4n) is 2.79. The van der Waals surface area contributed by atoms with Crippen molar-refractivity contribution < 1.29 is 23.0 Å². The number of halogens is 3. The van der Waals surface area contributed by atoms with Crippen LogP contribution in [0.1, 0.15) is 5.56 Å². The first kappa shape index (κ1) is 20.2. The van der Waals surface area contributed by atoms with Crippen molar-refractivity contribution in [3.05, 3.63) is 81.7 Å². The normalized spacial score (nSPS) is 13.8. The van der Waals surface area contributed by atoms with Crippen LogP contribution in [-0.4, -0.2) is 16.1 Å². The zero-order valence-corrected chi connectivity index (χ0v) is 16.7. The molecule has 1 aliphatic rings. The van der Waals surface area contributed by atoms with Crippen molar-refractivity contribution in [2.45, 2.75) is 17.7 Å². The minimum Gasteiger partial charge on any atom is -0.395 e. The zero-order valence-electron chi connectivity index (χ0n) is 15.1. The number of hydrogen-bond acceptors (Lipinski definition) is 5. The molecule has 3 aromatic rings. The van der Waals surface area contributed by atoms with Gasteiger partial charge in [-0.2, -0.15) is 0 Å². The fraction of sp³-hybridized carbons (Fsp3) is 0.100. The molecule has 0 unspecified atom stereocenters. The lowest BCUT2D eigenvalue weighted by Crippen LogP contribution is -2.26. The number of amides is 1. The quantitative estimate of drug-likeness (QED) is 0.553. The molecule has 30 heavy (non-hydrogen) atoms. The van der Waals surface area contributed by atoms with Gasteiger partial charge in [0.25, 0.3) is 10.8 Å². The molecule has 1 aliphatic heterocycles. The average molecular weight is 451 g/mol. The Kier molecular flexibility index (Phi) is 5.40. The molecule has 6 nitrogen and oxygen atoms in total. The van der Waals surface area contributed by atoms with Gasteiger partial charge in [0.15, 0.2) is 11.5 Å². The summed E-state index contributed by atoms with van der Waals surface area (Å²) in [5.74, 6) is -0.175. The maximum absolute atomic E-state index is 13.2. The maximum Gasteiger partial charge on any atom is 0.586 e. The first-order chi connectivity index (χ1) is 14.3. The first-order valence-electron chi connectivity index (χ1n) is 8.62. The monoisotopic (exact) mass is 450 g/mol. The second-order valence-corrected chi connectivity index (χ2v) is 7.75. The number of rotatable bonds is 4. The number of ether oxygens (including phenoxy) is 2. The van der Waals surface area contributed by atoms with Crippen molar-refractivity contribution in [2.75, 3.05) is 5.32 Å². The Labute approximate surface area is 178 Å². The summed E-state index contributed by atoms with van der Waals surface area (Å²) in [5.41, 5.74) is 0.206. The Balaban J connectivity index is 1.48. The molecule has 1 N–H and O–H groups in total. The van der Waals surface area contributed by atoms with E-state index in [2.05, 4.69) is 14.8 Å². The molecule has 0 bridgehead atoms.